The summed E-state index contributed by atoms with van der Waals surface area (Å²) in [7, 11) is 1.76. The third-order valence-corrected chi connectivity index (χ3v) is 4.91. The van der Waals surface area contributed by atoms with Crippen molar-refractivity contribution in [1.82, 2.24) is 20.8 Å². The fraction of sp³-hybridized carbons (Fsp3) is 0.588. The second-order valence-electron chi connectivity index (χ2n) is 5.70. The fourth-order valence-electron chi connectivity index (χ4n) is 2.51. The first-order valence-electron chi connectivity index (χ1n) is 8.47. The van der Waals surface area contributed by atoms with Crippen molar-refractivity contribution >= 4 is 41.3 Å². The lowest BCUT2D eigenvalue weighted by molar-refractivity contribution is 0.368. The van der Waals surface area contributed by atoms with Gasteiger partial charge in [0.05, 0.1) is 17.2 Å². The number of aliphatic imine (C=N–C) groups is 1. The summed E-state index contributed by atoms with van der Waals surface area (Å²) in [6.07, 6.45) is 4.96. The van der Waals surface area contributed by atoms with Crippen molar-refractivity contribution in [2.24, 2.45) is 4.99 Å². The minimum atomic E-state index is 0. The van der Waals surface area contributed by atoms with Crippen LogP contribution in [0.25, 0.3) is 0 Å². The Kier molecular flexibility index (Phi) is 10.0. The number of thiazole rings is 1. The number of hydrogen-bond donors (Lipinski definition) is 2. The van der Waals surface area contributed by atoms with Gasteiger partial charge in [-0.3, -0.25) is 4.99 Å². The summed E-state index contributed by atoms with van der Waals surface area (Å²) in [6, 6.07) is 2.04. The largest absolute Gasteiger partial charge is 0.359 e. The number of guanidine groups is 1. The first-order chi connectivity index (χ1) is 11.7. The van der Waals surface area contributed by atoms with E-state index in [4.69, 9.17) is 4.52 Å². The molecule has 0 atom stereocenters. The van der Waals surface area contributed by atoms with Crippen LogP contribution in [-0.4, -0.2) is 29.7 Å². The zero-order chi connectivity index (χ0) is 17.4. The van der Waals surface area contributed by atoms with Gasteiger partial charge < -0.3 is 15.2 Å². The molecule has 0 aliphatic rings. The first-order valence-corrected chi connectivity index (χ1v) is 9.29. The van der Waals surface area contributed by atoms with Crippen LogP contribution >= 0.6 is 35.3 Å². The Balaban J connectivity index is 0.00000312. The van der Waals surface area contributed by atoms with Crippen molar-refractivity contribution in [3.05, 3.63) is 33.6 Å². The normalized spacial score (nSPS) is 11.5. The lowest BCUT2D eigenvalue weighted by Crippen LogP contribution is -2.37. The van der Waals surface area contributed by atoms with E-state index < -0.39 is 0 Å². The highest BCUT2D eigenvalue weighted by molar-refractivity contribution is 14.0. The predicted octanol–water partition coefficient (Wildman–Crippen LogP) is 3.87. The first kappa shape index (κ1) is 21.9. The standard InChI is InChI=1S/C17H27N5OS.HI/c1-5-13(6-2)15-9-14(23-22-15)11-21-17(18-4)19-8-7-16-20-10-12(3)24-16;/h9-10,13H,5-8,11H2,1-4H3,(H2,18,19,21);1H. The Morgan fingerprint density at radius 1 is 1.32 bits per heavy atom. The second kappa shape index (κ2) is 11.5. The summed E-state index contributed by atoms with van der Waals surface area (Å²) in [5.41, 5.74) is 1.04. The van der Waals surface area contributed by atoms with Gasteiger partial charge in [0.2, 0.25) is 0 Å². The minimum Gasteiger partial charge on any atom is -0.359 e. The zero-order valence-corrected chi connectivity index (χ0v) is 18.5. The maximum atomic E-state index is 5.42. The van der Waals surface area contributed by atoms with Crippen molar-refractivity contribution in [2.45, 2.75) is 52.5 Å². The van der Waals surface area contributed by atoms with Crippen LogP contribution in [0.15, 0.2) is 21.8 Å². The molecular weight excluding hydrogens is 449 g/mol. The second-order valence-corrected chi connectivity index (χ2v) is 7.02. The number of aromatic nitrogens is 2. The maximum absolute atomic E-state index is 5.42. The van der Waals surface area contributed by atoms with E-state index in [1.165, 1.54) is 4.88 Å². The molecule has 0 spiro atoms. The average molecular weight is 477 g/mol. The molecule has 8 heteroatoms. The van der Waals surface area contributed by atoms with E-state index in [1.54, 1.807) is 18.4 Å². The van der Waals surface area contributed by atoms with E-state index >= 15 is 0 Å². The highest BCUT2D eigenvalue weighted by Gasteiger charge is 2.13. The summed E-state index contributed by atoms with van der Waals surface area (Å²) < 4.78 is 5.42. The molecule has 0 bridgehead atoms. The van der Waals surface area contributed by atoms with Crippen molar-refractivity contribution in [2.75, 3.05) is 13.6 Å². The monoisotopic (exact) mass is 477 g/mol. The molecule has 0 fully saturated rings. The topological polar surface area (TPSA) is 75.3 Å². The lowest BCUT2D eigenvalue weighted by Gasteiger charge is -2.09. The molecule has 0 aliphatic heterocycles. The maximum Gasteiger partial charge on any atom is 0.191 e. The van der Waals surface area contributed by atoms with Crippen molar-refractivity contribution in [3.63, 3.8) is 0 Å². The summed E-state index contributed by atoms with van der Waals surface area (Å²) in [4.78, 5) is 9.83. The summed E-state index contributed by atoms with van der Waals surface area (Å²) in [5.74, 6) is 2.06. The Labute approximate surface area is 170 Å². The molecular formula is C17H28IN5OS. The van der Waals surface area contributed by atoms with Crippen LogP contribution in [0.5, 0.6) is 0 Å². The van der Waals surface area contributed by atoms with Gasteiger partial charge in [-0.2, -0.15) is 0 Å². The summed E-state index contributed by atoms with van der Waals surface area (Å²) in [5, 5.41) is 11.9. The van der Waals surface area contributed by atoms with E-state index in [1.807, 2.05) is 12.3 Å². The highest BCUT2D eigenvalue weighted by atomic mass is 127. The molecule has 2 aromatic rings. The van der Waals surface area contributed by atoms with E-state index in [0.717, 1.165) is 48.2 Å². The van der Waals surface area contributed by atoms with E-state index in [2.05, 4.69) is 46.5 Å². The predicted molar refractivity (Wildman–Crippen MR) is 114 cm³/mol. The molecule has 0 unspecified atom stereocenters. The van der Waals surface area contributed by atoms with Gasteiger partial charge in [0.25, 0.3) is 0 Å². The zero-order valence-electron chi connectivity index (χ0n) is 15.3. The quantitative estimate of drug-likeness (QED) is 0.343. The van der Waals surface area contributed by atoms with Gasteiger partial charge in [0.15, 0.2) is 11.7 Å². The molecule has 2 heterocycles. The van der Waals surface area contributed by atoms with E-state index in [9.17, 15) is 0 Å². The van der Waals surface area contributed by atoms with Gasteiger partial charge >= 0.3 is 0 Å². The lowest BCUT2D eigenvalue weighted by atomic mass is 9.99. The Hall–Kier alpha value is -1.16. The smallest absolute Gasteiger partial charge is 0.191 e. The number of rotatable bonds is 8. The highest BCUT2D eigenvalue weighted by Crippen LogP contribution is 2.22. The van der Waals surface area contributed by atoms with Crippen LogP contribution in [-0.2, 0) is 13.0 Å². The van der Waals surface area contributed by atoms with Gasteiger partial charge in [-0.15, -0.1) is 35.3 Å². The molecule has 6 nitrogen and oxygen atoms in total. The Morgan fingerprint density at radius 2 is 2.08 bits per heavy atom. The third-order valence-electron chi connectivity index (χ3n) is 3.94. The molecule has 0 radical (unpaired) electrons. The van der Waals surface area contributed by atoms with Crippen LogP contribution in [0, 0.1) is 6.92 Å². The average Bonchev–Trinajstić information content (AvgIpc) is 3.21. The van der Waals surface area contributed by atoms with Gasteiger partial charge in [0.1, 0.15) is 0 Å². The van der Waals surface area contributed by atoms with Crippen LogP contribution in [0.3, 0.4) is 0 Å². The Bertz CT molecular complexity index is 651. The van der Waals surface area contributed by atoms with Gasteiger partial charge in [-0.25, -0.2) is 4.98 Å². The van der Waals surface area contributed by atoms with Crippen molar-refractivity contribution in [3.8, 4) is 0 Å². The van der Waals surface area contributed by atoms with Gasteiger partial charge in [-0.05, 0) is 19.8 Å². The molecule has 0 aromatic carbocycles. The van der Waals surface area contributed by atoms with E-state index in [0.29, 0.717) is 12.5 Å². The molecule has 0 amide bonds. The molecule has 0 saturated carbocycles. The molecule has 2 aromatic heterocycles. The van der Waals surface area contributed by atoms with Gasteiger partial charge in [-0.1, -0.05) is 19.0 Å². The molecule has 0 saturated heterocycles. The molecule has 0 aliphatic carbocycles. The van der Waals surface area contributed by atoms with Crippen LogP contribution in [0.1, 0.15) is 53.9 Å². The summed E-state index contributed by atoms with van der Waals surface area (Å²) in [6.45, 7) is 7.79. The summed E-state index contributed by atoms with van der Waals surface area (Å²) >= 11 is 1.73. The molecule has 2 N–H and O–H groups in total. The Morgan fingerprint density at radius 3 is 2.68 bits per heavy atom. The van der Waals surface area contributed by atoms with Crippen molar-refractivity contribution in [1.29, 1.82) is 0 Å². The van der Waals surface area contributed by atoms with Gasteiger partial charge in [0, 0.05) is 43.1 Å². The number of halogens is 1. The van der Waals surface area contributed by atoms with E-state index in [-0.39, 0.29) is 24.0 Å². The number of hydrogen-bond acceptors (Lipinski definition) is 5. The molecule has 140 valence electrons. The molecule has 25 heavy (non-hydrogen) atoms. The number of nitrogens with zero attached hydrogens (tertiary/aromatic N) is 3. The minimum absolute atomic E-state index is 0. The van der Waals surface area contributed by atoms with Crippen LogP contribution in [0.2, 0.25) is 0 Å². The third kappa shape index (κ3) is 6.93. The van der Waals surface area contributed by atoms with Crippen LogP contribution < -0.4 is 10.6 Å². The van der Waals surface area contributed by atoms with Crippen molar-refractivity contribution < 1.29 is 4.52 Å². The number of aryl methyl sites for hydroxylation is 1. The number of nitrogens with one attached hydrogen (secondary N) is 2. The fourth-order valence-corrected chi connectivity index (χ4v) is 3.29. The molecule has 2 rings (SSSR count). The van der Waals surface area contributed by atoms with Crippen LogP contribution in [0.4, 0.5) is 0 Å². The SMILES string of the molecule is CCC(CC)c1cc(CNC(=NC)NCCc2ncc(C)s2)on1.I.